The van der Waals surface area contributed by atoms with Crippen LogP contribution in [0.1, 0.15) is 52.0 Å². The van der Waals surface area contributed by atoms with Crippen LogP contribution >= 0.6 is 23.2 Å². The Hall–Kier alpha value is -3.23. The third kappa shape index (κ3) is 5.40. The van der Waals surface area contributed by atoms with Crippen LogP contribution in [0, 0.1) is 5.82 Å². The fourth-order valence-electron chi connectivity index (χ4n) is 3.50. The van der Waals surface area contributed by atoms with Gasteiger partial charge in [-0.1, -0.05) is 48.3 Å². The van der Waals surface area contributed by atoms with E-state index < -0.39 is 23.5 Å². The number of nitrogens with zero attached hydrogens (tertiary/aromatic N) is 2. The maximum absolute atomic E-state index is 13.8. The van der Waals surface area contributed by atoms with Crippen LogP contribution in [0.5, 0.6) is 0 Å². The predicted octanol–water partition coefficient (Wildman–Crippen LogP) is 4.68. The van der Waals surface area contributed by atoms with Crippen molar-refractivity contribution in [1.29, 1.82) is 0 Å². The van der Waals surface area contributed by atoms with Gasteiger partial charge in [-0.15, -0.1) is 0 Å². The molecule has 0 saturated heterocycles. The Morgan fingerprint density at radius 2 is 1.82 bits per heavy atom. The molecule has 3 aromatic rings. The van der Waals surface area contributed by atoms with Crippen molar-refractivity contribution in [3.05, 3.63) is 81.0 Å². The minimum atomic E-state index is -0.681. The summed E-state index contributed by atoms with van der Waals surface area (Å²) in [6.45, 7) is 3.04. The first-order valence-electron chi connectivity index (χ1n) is 9.96. The quantitative estimate of drug-likeness (QED) is 0.502. The molecule has 0 radical (unpaired) electrons. The van der Waals surface area contributed by atoms with Crippen molar-refractivity contribution >= 4 is 46.6 Å². The van der Waals surface area contributed by atoms with Crippen LogP contribution < -0.4 is 10.6 Å². The number of carbonyl (C=O) groups is 3. The van der Waals surface area contributed by atoms with Crippen molar-refractivity contribution in [3.8, 4) is 0 Å². The van der Waals surface area contributed by atoms with Gasteiger partial charge < -0.3 is 15.2 Å². The molecular formula is C23H21Cl2FN4O3. The van der Waals surface area contributed by atoms with E-state index in [4.69, 9.17) is 23.2 Å². The lowest BCUT2D eigenvalue weighted by molar-refractivity contribution is -0.117. The Bertz CT molecular complexity index is 1220. The lowest BCUT2D eigenvalue weighted by Crippen LogP contribution is -2.25. The van der Waals surface area contributed by atoms with Gasteiger partial charge in [0.1, 0.15) is 11.6 Å². The second kappa shape index (κ2) is 10.1. The molecule has 0 aliphatic carbocycles. The number of ketones is 1. The van der Waals surface area contributed by atoms with E-state index in [-0.39, 0.29) is 34.6 Å². The molecule has 1 aromatic heterocycles. The second-order valence-electron chi connectivity index (χ2n) is 7.39. The molecule has 172 valence electrons. The van der Waals surface area contributed by atoms with Crippen molar-refractivity contribution in [3.63, 3.8) is 0 Å². The van der Waals surface area contributed by atoms with Gasteiger partial charge >= 0.3 is 0 Å². The third-order valence-corrected chi connectivity index (χ3v) is 5.52. The summed E-state index contributed by atoms with van der Waals surface area (Å²) in [6, 6.07) is 10.5. The number of halogens is 3. The van der Waals surface area contributed by atoms with Crippen LogP contribution in [0.25, 0.3) is 0 Å². The number of anilines is 1. The van der Waals surface area contributed by atoms with E-state index in [0.29, 0.717) is 16.3 Å². The Kier molecular flexibility index (Phi) is 7.50. The summed E-state index contributed by atoms with van der Waals surface area (Å²) in [4.78, 5) is 41.8. The van der Waals surface area contributed by atoms with E-state index in [2.05, 4.69) is 15.6 Å². The number of Topliss-reactive ketones (excluding diaryl/α,β-unsaturated/α-hetero) is 1. The Morgan fingerprint density at radius 1 is 1.12 bits per heavy atom. The molecule has 0 spiro atoms. The zero-order valence-corrected chi connectivity index (χ0v) is 19.6. The van der Waals surface area contributed by atoms with Crippen LogP contribution in [-0.4, -0.2) is 34.2 Å². The van der Waals surface area contributed by atoms with Crippen LogP contribution in [0.4, 0.5) is 10.2 Å². The summed E-state index contributed by atoms with van der Waals surface area (Å²) < 4.78 is 15.2. The molecule has 3 rings (SSSR count). The predicted molar refractivity (Wildman–Crippen MR) is 125 cm³/mol. The summed E-state index contributed by atoms with van der Waals surface area (Å²) in [5.74, 6) is -2.60. The van der Waals surface area contributed by atoms with E-state index in [9.17, 15) is 18.8 Å². The van der Waals surface area contributed by atoms with Gasteiger partial charge in [0.2, 0.25) is 5.82 Å². The standard InChI is InChI=1S/C23H21Cl2FN4O3/c1-12(31)11-30-19(13(2)17-6-4-5-7-18(17)25)20(28-21(30)23(33)27-3)29-22(32)14-8-15(24)10-16(26)9-14/h4-10,13H,11H2,1-3H3,(H,27,33)(H,29,32)/t13-/m1/s1. The molecule has 0 aliphatic heterocycles. The van der Waals surface area contributed by atoms with Crippen molar-refractivity contribution in [1.82, 2.24) is 14.9 Å². The monoisotopic (exact) mass is 490 g/mol. The summed E-state index contributed by atoms with van der Waals surface area (Å²) in [5.41, 5.74) is 1.07. The maximum atomic E-state index is 13.8. The number of amides is 2. The highest BCUT2D eigenvalue weighted by Gasteiger charge is 2.28. The number of nitrogens with one attached hydrogen (secondary N) is 2. The van der Waals surface area contributed by atoms with Gasteiger partial charge in [0.15, 0.2) is 5.82 Å². The third-order valence-electron chi connectivity index (χ3n) is 4.96. The molecule has 10 heteroatoms. The SMILES string of the molecule is CNC(=O)c1nc(NC(=O)c2cc(F)cc(Cl)c2)c([C@H](C)c2ccccc2Cl)n1CC(C)=O. The smallest absolute Gasteiger partial charge is 0.287 e. The van der Waals surface area contributed by atoms with E-state index >= 15 is 0 Å². The van der Waals surface area contributed by atoms with Gasteiger partial charge in [-0.25, -0.2) is 9.37 Å². The topological polar surface area (TPSA) is 93.1 Å². The van der Waals surface area contributed by atoms with Crippen LogP contribution in [0.15, 0.2) is 42.5 Å². The fourth-order valence-corrected chi connectivity index (χ4v) is 4.02. The molecule has 0 saturated carbocycles. The normalized spacial score (nSPS) is 11.7. The Morgan fingerprint density at radius 3 is 2.42 bits per heavy atom. The van der Waals surface area contributed by atoms with Gasteiger partial charge in [0, 0.05) is 28.6 Å². The van der Waals surface area contributed by atoms with Gasteiger partial charge in [0.25, 0.3) is 11.8 Å². The molecular weight excluding hydrogens is 470 g/mol. The molecule has 0 fully saturated rings. The van der Waals surface area contributed by atoms with Crippen molar-refractivity contribution in [2.45, 2.75) is 26.3 Å². The van der Waals surface area contributed by atoms with E-state index in [1.165, 1.54) is 24.6 Å². The largest absolute Gasteiger partial charge is 0.352 e. The van der Waals surface area contributed by atoms with Crippen molar-refractivity contribution < 1.29 is 18.8 Å². The number of hydrogen-bond acceptors (Lipinski definition) is 4. The fraction of sp³-hybridized carbons (Fsp3) is 0.217. The summed E-state index contributed by atoms with van der Waals surface area (Å²) in [6.07, 6.45) is 0. The first-order valence-corrected chi connectivity index (χ1v) is 10.7. The zero-order chi connectivity index (χ0) is 24.3. The Labute approximate surface area is 199 Å². The highest BCUT2D eigenvalue weighted by molar-refractivity contribution is 6.31. The molecule has 0 aliphatic rings. The van der Waals surface area contributed by atoms with Crippen molar-refractivity contribution in [2.24, 2.45) is 0 Å². The number of benzene rings is 2. The lowest BCUT2D eigenvalue weighted by atomic mass is 9.97. The second-order valence-corrected chi connectivity index (χ2v) is 8.24. The summed E-state index contributed by atoms with van der Waals surface area (Å²) >= 11 is 12.3. The molecule has 0 bridgehead atoms. The van der Waals surface area contributed by atoms with E-state index in [1.807, 2.05) is 6.92 Å². The molecule has 1 atom stereocenters. The minimum Gasteiger partial charge on any atom is -0.352 e. The zero-order valence-electron chi connectivity index (χ0n) is 18.1. The summed E-state index contributed by atoms with van der Waals surface area (Å²) in [5, 5.41) is 5.64. The van der Waals surface area contributed by atoms with Gasteiger partial charge in [0.05, 0.1) is 12.2 Å². The van der Waals surface area contributed by atoms with E-state index in [0.717, 1.165) is 12.1 Å². The molecule has 33 heavy (non-hydrogen) atoms. The van der Waals surface area contributed by atoms with Crippen LogP contribution in [0.2, 0.25) is 10.0 Å². The Balaban J connectivity index is 2.18. The lowest BCUT2D eigenvalue weighted by Gasteiger charge is -2.19. The average Bonchev–Trinajstić information content (AvgIpc) is 3.09. The maximum Gasteiger partial charge on any atom is 0.287 e. The molecule has 2 N–H and O–H groups in total. The first kappa shape index (κ1) is 24.4. The molecule has 2 aromatic carbocycles. The average molecular weight is 491 g/mol. The first-order chi connectivity index (χ1) is 15.6. The van der Waals surface area contributed by atoms with Crippen molar-refractivity contribution in [2.75, 3.05) is 12.4 Å². The number of imidazole rings is 1. The minimum absolute atomic E-state index is 0.0287. The highest BCUT2D eigenvalue weighted by atomic mass is 35.5. The number of carbonyl (C=O) groups excluding carboxylic acids is 3. The molecule has 2 amide bonds. The van der Waals surface area contributed by atoms with Crippen LogP contribution in [0.3, 0.4) is 0 Å². The van der Waals surface area contributed by atoms with Gasteiger partial charge in [-0.2, -0.15) is 0 Å². The molecule has 7 nitrogen and oxygen atoms in total. The molecule has 0 unspecified atom stereocenters. The number of aromatic nitrogens is 2. The highest BCUT2D eigenvalue weighted by Crippen LogP contribution is 2.35. The van der Waals surface area contributed by atoms with Gasteiger partial charge in [-0.05, 0) is 36.8 Å². The van der Waals surface area contributed by atoms with Gasteiger partial charge in [-0.3, -0.25) is 14.4 Å². The van der Waals surface area contributed by atoms with Crippen LogP contribution in [-0.2, 0) is 11.3 Å². The number of hydrogen-bond donors (Lipinski definition) is 2. The summed E-state index contributed by atoms with van der Waals surface area (Å²) in [7, 11) is 1.43. The molecule has 1 heterocycles. The van der Waals surface area contributed by atoms with E-state index in [1.54, 1.807) is 24.3 Å². The number of rotatable bonds is 7.